The second-order valence-electron chi connectivity index (χ2n) is 12.4. The molecule has 0 aromatic heterocycles. The zero-order valence-electron chi connectivity index (χ0n) is 25.6. The largest absolute Gasteiger partial charge is 0.478 e. The van der Waals surface area contributed by atoms with Crippen molar-refractivity contribution in [2.75, 3.05) is 4.90 Å². The number of hydrogen-bond donors (Lipinski definition) is 1. The minimum Gasteiger partial charge on any atom is -0.478 e. The Morgan fingerprint density at radius 2 is 1.40 bits per heavy atom. The molecule has 0 spiro atoms. The Morgan fingerprint density at radius 1 is 0.723 bits per heavy atom. The minimum atomic E-state index is -1.22. The summed E-state index contributed by atoms with van der Waals surface area (Å²) in [6.07, 6.45) is 7.18. The van der Waals surface area contributed by atoms with E-state index in [9.17, 15) is 19.5 Å². The van der Waals surface area contributed by atoms with Gasteiger partial charge in [-0.05, 0) is 88.7 Å². The van der Waals surface area contributed by atoms with E-state index < -0.39 is 17.5 Å². The molecule has 8 rings (SSSR count). The molecule has 0 radical (unpaired) electrons. The number of aromatic carboxylic acids is 1. The van der Waals surface area contributed by atoms with Crippen molar-refractivity contribution in [3.05, 3.63) is 171 Å². The van der Waals surface area contributed by atoms with Gasteiger partial charge in [0.1, 0.15) is 0 Å². The van der Waals surface area contributed by atoms with Crippen molar-refractivity contribution < 1.29 is 19.5 Å². The number of hydrogen-bond acceptors (Lipinski definition) is 4. The van der Waals surface area contributed by atoms with Crippen LogP contribution in [0.5, 0.6) is 0 Å². The summed E-state index contributed by atoms with van der Waals surface area (Å²) >= 11 is 0. The summed E-state index contributed by atoms with van der Waals surface area (Å²) in [7, 11) is 0. The van der Waals surface area contributed by atoms with Gasteiger partial charge in [-0.2, -0.15) is 0 Å². The zero-order chi connectivity index (χ0) is 32.1. The molecule has 2 atom stereocenters. The van der Waals surface area contributed by atoms with Crippen molar-refractivity contribution in [1.29, 1.82) is 0 Å². The van der Waals surface area contributed by atoms with E-state index in [1.54, 1.807) is 6.08 Å². The van der Waals surface area contributed by atoms with Crippen LogP contribution in [0.3, 0.4) is 0 Å². The third kappa shape index (κ3) is 4.92. The molecular weight excluding hydrogens is 582 g/mol. The first kappa shape index (κ1) is 28.6. The van der Waals surface area contributed by atoms with Crippen LogP contribution in [-0.4, -0.2) is 28.7 Å². The Morgan fingerprint density at radius 3 is 2.09 bits per heavy atom. The fourth-order valence-electron chi connectivity index (χ4n) is 7.61. The zero-order valence-corrected chi connectivity index (χ0v) is 25.6. The van der Waals surface area contributed by atoms with E-state index >= 15 is 0 Å². The van der Waals surface area contributed by atoms with Gasteiger partial charge >= 0.3 is 5.97 Å². The van der Waals surface area contributed by atoms with E-state index in [2.05, 4.69) is 95.9 Å². The number of benzene rings is 5. The van der Waals surface area contributed by atoms with Crippen molar-refractivity contribution in [2.24, 2.45) is 0 Å². The van der Waals surface area contributed by atoms with Crippen molar-refractivity contribution in [1.82, 2.24) is 0 Å². The maximum Gasteiger partial charge on any atom is 0.336 e. The number of carboxylic acid groups (broad SMARTS) is 1. The number of ketones is 2. The number of nitrogens with zero attached hydrogens (tertiary/aromatic N) is 1. The number of carbonyl (C=O) groups excluding carboxylic acids is 2. The summed E-state index contributed by atoms with van der Waals surface area (Å²) in [5.74, 6) is -1.81. The molecule has 2 unspecified atom stereocenters. The van der Waals surface area contributed by atoms with E-state index in [4.69, 9.17) is 0 Å². The lowest BCUT2D eigenvalue weighted by molar-refractivity contribution is 0.0692. The van der Waals surface area contributed by atoms with Crippen LogP contribution in [0.25, 0.3) is 17.7 Å². The van der Waals surface area contributed by atoms with Gasteiger partial charge in [-0.25, -0.2) is 4.79 Å². The predicted octanol–water partition coefficient (Wildman–Crippen LogP) is 9.22. The maximum absolute atomic E-state index is 13.3. The van der Waals surface area contributed by atoms with Crippen LogP contribution < -0.4 is 4.90 Å². The molecule has 2 aliphatic carbocycles. The molecule has 1 N–H and O–H groups in total. The van der Waals surface area contributed by atoms with Crippen molar-refractivity contribution in [3.8, 4) is 0 Å². The first-order chi connectivity index (χ1) is 23.0. The molecule has 5 heteroatoms. The molecular formula is C42H31NO4. The third-order valence-electron chi connectivity index (χ3n) is 9.74. The third-order valence-corrected chi connectivity index (χ3v) is 9.74. The summed E-state index contributed by atoms with van der Waals surface area (Å²) in [4.78, 5) is 40.7. The molecule has 1 aliphatic heterocycles. The Labute approximate surface area is 273 Å². The molecule has 47 heavy (non-hydrogen) atoms. The Bertz CT molecular complexity index is 2090. The number of fused-ring (bicyclic) bond motifs is 4. The van der Waals surface area contributed by atoms with Crippen LogP contribution in [0.15, 0.2) is 127 Å². The summed E-state index contributed by atoms with van der Waals surface area (Å²) < 4.78 is 0. The van der Waals surface area contributed by atoms with Gasteiger partial charge in [0.2, 0.25) is 0 Å². The summed E-state index contributed by atoms with van der Waals surface area (Å²) in [6.45, 7) is 0. The SMILES string of the molecule is O=C(O)c1cccc2c1C(=O)/C(=C/c1ccc3c(c1)C1CCCC1N3c1ccc(C=C(c3ccccc3)c3ccccc3)cc1)C2=O. The molecule has 5 nitrogen and oxygen atoms in total. The second-order valence-corrected chi connectivity index (χ2v) is 12.4. The smallest absolute Gasteiger partial charge is 0.336 e. The van der Waals surface area contributed by atoms with Crippen LogP contribution >= 0.6 is 0 Å². The van der Waals surface area contributed by atoms with E-state index in [0.717, 1.165) is 41.8 Å². The number of carboxylic acids is 1. The summed E-state index contributed by atoms with van der Waals surface area (Å²) in [6, 6.07) is 40.6. The molecule has 3 aliphatic rings. The lowest BCUT2D eigenvalue weighted by atomic mass is 9.95. The highest BCUT2D eigenvalue weighted by molar-refractivity contribution is 6.42. The van der Waals surface area contributed by atoms with Crippen molar-refractivity contribution >= 4 is 46.6 Å². The number of Topliss-reactive ketones (excluding diaryl/α,β-unsaturated/α-hetero) is 2. The van der Waals surface area contributed by atoms with Crippen molar-refractivity contribution in [2.45, 2.75) is 31.2 Å². The topological polar surface area (TPSA) is 74.7 Å². The Hall–Kier alpha value is -5.81. The van der Waals surface area contributed by atoms with Crippen LogP contribution in [0.4, 0.5) is 11.4 Å². The predicted molar refractivity (Wildman–Crippen MR) is 185 cm³/mol. The van der Waals surface area contributed by atoms with Crippen LogP contribution in [0.2, 0.25) is 0 Å². The second kappa shape index (κ2) is 11.5. The standard InChI is InChI=1S/C42H31NO4/c44-40-32-14-7-15-33(42(46)47)39(32)41(45)36(40)25-27-19-22-38-35(24-27)31-13-8-16-37(31)43(38)30-20-17-26(18-21-30)23-34(28-9-3-1-4-10-28)29-11-5-2-6-12-29/h1-7,9-12,14-15,17-25,31,37H,8,13,16H2,(H,46,47)/b36-25+. The van der Waals surface area contributed by atoms with E-state index in [1.807, 2.05) is 18.2 Å². The quantitative estimate of drug-likeness (QED) is 0.117. The van der Waals surface area contributed by atoms with E-state index in [1.165, 1.54) is 40.5 Å². The number of anilines is 2. The Balaban J connectivity index is 1.12. The first-order valence-electron chi connectivity index (χ1n) is 16.0. The molecule has 0 bridgehead atoms. The molecule has 1 saturated carbocycles. The van der Waals surface area contributed by atoms with E-state index in [0.29, 0.717) is 12.0 Å². The summed E-state index contributed by atoms with van der Waals surface area (Å²) in [5.41, 5.74) is 8.94. The maximum atomic E-state index is 13.3. The van der Waals surface area contributed by atoms with Crippen LogP contribution in [-0.2, 0) is 0 Å². The van der Waals surface area contributed by atoms with Gasteiger partial charge in [0.25, 0.3) is 0 Å². The van der Waals surface area contributed by atoms with Gasteiger partial charge in [-0.1, -0.05) is 97.4 Å². The molecule has 228 valence electrons. The first-order valence-corrected chi connectivity index (χ1v) is 16.0. The molecule has 5 aromatic carbocycles. The molecule has 1 fully saturated rings. The molecule has 1 heterocycles. The van der Waals surface area contributed by atoms with E-state index in [-0.39, 0.29) is 22.3 Å². The Kier molecular flexibility index (Phi) is 7.02. The van der Waals surface area contributed by atoms with Gasteiger partial charge in [-0.3, -0.25) is 9.59 Å². The molecule has 0 amide bonds. The molecule has 5 aromatic rings. The fraction of sp³-hybridized carbons (Fsp3) is 0.119. The van der Waals surface area contributed by atoms with Crippen LogP contribution in [0.1, 0.15) is 84.1 Å². The number of carbonyl (C=O) groups is 3. The normalized spacial score (nSPS) is 18.6. The highest BCUT2D eigenvalue weighted by atomic mass is 16.4. The monoisotopic (exact) mass is 613 g/mol. The number of allylic oxidation sites excluding steroid dienone is 1. The highest BCUT2D eigenvalue weighted by Crippen LogP contribution is 2.52. The van der Waals surface area contributed by atoms with Crippen LogP contribution in [0, 0.1) is 0 Å². The fourth-order valence-corrected chi connectivity index (χ4v) is 7.61. The van der Waals surface area contributed by atoms with Gasteiger partial charge < -0.3 is 10.0 Å². The lowest BCUT2D eigenvalue weighted by Crippen LogP contribution is -2.26. The van der Waals surface area contributed by atoms with Gasteiger partial charge in [0.05, 0.1) is 11.1 Å². The van der Waals surface area contributed by atoms with Gasteiger partial charge in [-0.15, -0.1) is 0 Å². The number of rotatable bonds is 6. The molecule has 0 saturated heterocycles. The average molecular weight is 614 g/mol. The highest BCUT2D eigenvalue weighted by Gasteiger charge is 2.42. The van der Waals surface area contributed by atoms with Gasteiger partial charge in [0.15, 0.2) is 11.6 Å². The lowest BCUT2D eigenvalue weighted by Gasteiger charge is -2.27. The average Bonchev–Trinajstić information content (AvgIpc) is 3.77. The summed E-state index contributed by atoms with van der Waals surface area (Å²) in [5, 5.41) is 9.60. The van der Waals surface area contributed by atoms with Gasteiger partial charge in [0, 0.05) is 34.5 Å². The minimum absolute atomic E-state index is 0.0143. The van der Waals surface area contributed by atoms with Crippen molar-refractivity contribution in [3.63, 3.8) is 0 Å².